The van der Waals surface area contributed by atoms with Crippen molar-refractivity contribution in [1.29, 1.82) is 0 Å². The molecule has 0 bridgehead atoms. The van der Waals surface area contributed by atoms with E-state index in [1.807, 2.05) is 24.3 Å². The molecular formula is C38H27NO. The first-order valence-corrected chi connectivity index (χ1v) is 13.5. The van der Waals surface area contributed by atoms with Crippen LogP contribution in [0.5, 0.6) is 5.75 Å². The Morgan fingerprint density at radius 1 is 0.700 bits per heavy atom. The SMILES string of the molecule is C#C/C=C\C=C/CC1(c2ccccc2O)c2ccccc2-c2c1ccc1c3ccccc3n(-c3ccccc3)c21. The quantitative estimate of drug-likeness (QED) is 0.181. The second kappa shape index (κ2) is 9.49. The van der Waals surface area contributed by atoms with E-state index < -0.39 is 5.41 Å². The van der Waals surface area contributed by atoms with Gasteiger partial charge in [-0.25, -0.2) is 0 Å². The fourth-order valence-corrected chi connectivity index (χ4v) is 6.64. The van der Waals surface area contributed by atoms with Crippen molar-refractivity contribution in [2.24, 2.45) is 0 Å². The highest BCUT2D eigenvalue weighted by Gasteiger charge is 2.46. The number of phenolic OH excluding ortho intramolecular Hbond substituents is 1. The molecule has 2 nitrogen and oxygen atoms in total. The molecule has 0 fully saturated rings. The highest BCUT2D eigenvalue weighted by Crippen LogP contribution is 2.58. The van der Waals surface area contributed by atoms with Gasteiger partial charge in [0, 0.05) is 27.6 Å². The maximum atomic E-state index is 11.3. The summed E-state index contributed by atoms with van der Waals surface area (Å²) in [5, 5.41) is 13.8. The van der Waals surface area contributed by atoms with Crippen LogP contribution in [0.3, 0.4) is 0 Å². The fourth-order valence-electron chi connectivity index (χ4n) is 6.64. The van der Waals surface area contributed by atoms with Crippen molar-refractivity contribution in [1.82, 2.24) is 4.57 Å². The van der Waals surface area contributed by atoms with Gasteiger partial charge in [-0.1, -0.05) is 115 Å². The molecule has 1 aliphatic rings. The van der Waals surface area contributed by atoms with Gasteiger partial charge in [0.1, 0.15) is 5.75 Å². The van der Waals surface area contributed by atoms with Crippen LogP contribution in [-0.2, 0) is 5.41 Å². The van der Waals surface area contributed by atoms with Crippen molar-refractivity contribution in [3.05, 3.63) is 156 Å². The standard InChI is InChI=1S/C38H27NO/c1-2-3-4-5-15-26-38(32-21-12-14-23-35(32)40)31-20-11-9-19-30(31)36-33(38)25-24-29-28-18-10-13-22-34(28)39(37(29)36)27-16-7-6-8-17-27/h1,3-25,40H,26H2/b4-3-,15-5-. The molecule has 5 aromatic carbocycles. The zero-order chi connectivity index (χ0) is 27.1. The van der Waals surface area contributed by atoms with E-state index in [-0.39, 0.29) is 0 Å². The van der Waals surface area contributed by atoms with Gasteiger partial charge in [-0.2, -0.15) is 0 Å². The summed E-state index contributed by atoms with van der Waals surface area (Å²) in [5.74, 6) is 2.85. The van der Waals surface area contributed by atoms with Gasteiger partial charge >= 0.3 is 0 Å². The Morgan fingerprint density at radius 2 is 1.43 bits per heavy atom. The zero-order valence-corrected chi connectivity index (χ0v) is 22.0. The van der Waals surface area contributed by atoms with Crippen LogP contribution < -0.4 is 0 Å². The molecule has 1 unspecified atom stereocenters. The number of para-hydroxylation sites is 3. The third-order valence-electron chi connectivity index (χ3n) is 8.19. The molecule has 7 rings (SSSR count). The first kappa shape index (κ1) is 23.8. The van der Waals surface area contributed by atoms with E-state index in [9.17, 15) is 5.11 Å². The summed E-state index contributed by atoms with van der Waals surface area (Å²) in [7, 11) is 0. The van der Waals surface area contributed by atoms with Gasteiger partial charge in [-0.3, -0.25) is 0 Å². The molecule has 1 aromatic heterocycles. The van der Waals surface area contributed by atoms with Crippen LogP contribution in [0.4, 0.5) is 0 Å². The highest BCUT2D eigenvalue weighted by atomic mass is 16.3. The Hall–Kier alpha value is -5.26. The van der Waals surface area contributed by atoms with E-state index in [2.05, 4.69) is 114 Å². The van der Waals surface area contributed by atoms with Gasteiger partial charge < -0.3 is 9.67 Å². The number of allylic oxidation sites excluding steroid dienone is 4. The van der Waals surface area contributed by atoms with Gasteiger partial charge in [0.2, 0.25) is 0 Å². The van der Waals surface area contributed by atoms with Crippen LogP contribution in [0.15, 0.2) is 140 Å². The molecule has 0 amide bonds. The molecule has 1 atom stereocenters. The third-order valence-corrected chi connectivity index (χ3v) is 8.19. The Bertz CT molecular complexity index is 2000. The van der Waals surface area contributed by atoms with Crippen molar-refractivity contribution in [3.8, 4) is 34.9 Å². The maximum absolute atomic E-state index is 11.3. The largest absolute Gasteiger partial charge is 0.508 e. The Labute approximate surface area is 234 Å². The Morgan fingerprint density at radius 3 is 2.25 bits per heavy atom. The normalized spacial score (nSPS) is 16.1. The average molecular weight is 514 g/mol. The van der Waals surface area contributed by atoms with Crippen LogP contribution in [0.1, 0.15) is 23.1 Å². The lowest BCUT2D eigenvalue weighted by molar-refractivity contribution is 0.454. The molecule has 1 N–H and O–H groups in total. The van der Waals surface area contributed by atoms with E-state index in [1.165, 1.54) is 44.1 Å². The Balaban J connectivity index is 1.64. The number of terminal acetylenes is 1. The summed E-state index contributed by atoms with van der Waals surface area (Å²) in [5.41, 5.74) is 8.59. The summed E-state index contributed by atoms with van der Waals surface area (Å²) in [6.45, 7) is 0. The minimum Gasteiger partial charge on any atom is -0.508 e. The van der Waals surface area contributed by atoms with E-state index in [0.717, 1.165) is 11.3 Å². The maximum Gasteiger partial charge on any atom is 0.120 e. The number of aromatic nitrogens is 1. The Kier molecular flexibility index (Phi) is 5.65. The molecule has 40 heavy (non-hydrogen) atoms. The second-order valence-corrected chi connectivity index (χ2v) is 10.2. The predicted octanol–water partition coefficient (Wildman–Crippen LogP) is 8.94. The average Bonchev–Trinajstić information content (AvgIpc) is 3.49. The third kappa shape index (κ3) is 3.38. The number of hydrogen-bond acceptors (Lipinski definition) is 1. The van der Waals surface area contributed by atoms with E-state index in [4.69, 9.17) is 6.42 Å². The summed E-state index contributed by atoms with van der Waals surface area (Å²) < 4.78 is 2.40. The predicted molar refractivity (Wildman–Crippen MR) is 166 cm³/mol. The number of phenols is 1. The lowest BCUT2D eigenvalue weighted by Gasteiger charge is -2.32. The molecule has 0 saturated heterocycles. The van der Waals surface area contributed by atoms with Crippen molar-refractivity contribution in [2.75, 3.05) is 0 Å². The molecule has 190 valence electrons. The van der Waals surface area contributed by atoms with Gasteiger partial charge in [0.15, 0.2) is 0 Å². The van der Waals surface area contributed by atoms with Crippen LogP contribution in [-0.4, -0.2) is 9.67 Å². The molecule has 2 heteroatoms. The van der Waals surface area contributed by atoms with Crippen LogP contribution in [0.2, 0.25) is 0 Å². The molecular weight excluding hydrogens is 486 g/mol. The molecule has 1 aliphatic carbocycles. The first-order chi connectivity index (χ1) is 19.8. The van der Waals surface area contributed by atoms with Crippen molar-refractivity contribution in [2.45, 2.75) is 11.8 Å². The van der Waals surface area contributed by atoms with Gasteiger partial charge in [0.25, 0.3) is 0 Å². The number of aromatic hydroxyl groups is 1. The minimum atomic E-state index is -0.579. The van der Waals surface area contributed by atoms with Crippen LogP contribution in [0.25, 0.3) is 38.6 Å². The molecule has 0 saturated carbocycles. The zero-order valence-electron chi connectivity index (χ0n) is 22.0. The fraction of sp³-hybridized carbons (Fsp3) is 0.0526. The van der Waals surface area contributed by atoms with Gasteiger partial charge in [-0.15, -0.1) is 6.42 Å². The van der Waals surface area contributed by atoms with Gasteiger partial charge in [-0.05, 0) is 53.5 Å². The molecule has 1 heterocycles. The van der Waals surface area contributed by atoms with Crippen LogP contribution in [0, 0.1) is 12.3 Å². The van der Waals surface area contributed by atoms with Crippen molar-refractivity contribution >= 4 is 21.8 Å². The number of fused-ring (bicyclic) bond motifs is 7. The number of nitrogens with zero attached hydrogens (tertiary/aromatic N) is 1. The highest BCUT2D eigenvalue weighted by molar-refractivity contribution is 6.15. The van der Waals surface area contributed by atoms with E-state index in [0.29, 0.717) is 12.2 Å². The second-order valence-electron chi connectivity index (χ2n) is 10.2. The smallest absolute Gasteiger partial charge is 0.120 e. The number of rotatable bonds is 5. The number of hydrogen-bond donors (Lipinski definition) is 1. The summed E-state index contributed by atoms with van der Waals surface area (Å²) in [6, 6.07) is 40.2. The first-order valence-electron chi connectivity index (χ1n) is 13.5. The van der Waals surface area contributed by atoms with Crippen molar-refractivity contribution in [3.63, 3.8) is 0 Å². The molecule has 6 aromatic rings. The minimum absolute atomic E-state index is 0.293. The molecule has 0 radical (unpaired) electrons. The van der Waals surface area contributed by atoms with Gasteiger partial charge in [0.05, 0.1) is 16.4 Å². The van der Waals surface area contributed by atoms with E-state index >= 15 is 0 Å². The molecule has 0 aliphatic heterocycles. The van der Waals surface area contributed by atoms with E-state index in [1.54, 1.807) is 12.1 Å². The monoisotopic (exact) mass is 513 g/mol. The topological polar surface area (TPSA) is 25.2 Å². The number of benzene rings is 5. The lowest BCUT2D eigenvalue weighted by Crippen LogP contribution is -2.26. The summed E-state index contributed by atoms with van der Waals surface area (Å²) >= 11 is 0. The summed E-state index contributed by atoms with van der Waals surface area (Å²) in [6.07, 6.45) is 13.8. The molecule has 0 spiro atoms. The van der Waals surface area contributed by atoms with Crippen molar-refractivity contribution < 1.29 is 5.11 Å². The lowest BCUT2D eigenvalue weighted by atomic mass is 9.69. The van der Waals surface area contributed by atoms with Crippen LogP contribution >= 0.6 is 0 Å². The summed E-state index contributed by atoms with van der Waals surface area (Å²) in [4.78, 5) is 0.